The Bertz CT molecular complexity index is 1620. The van der Waals surface area contributed by atoms with E-state index in [2.05, 4.69) is 17.0 Å². The van der Waals surface area contributed by atoms with Crippen molar-refractivity contribution in [2.45, 2.75) is 82.1 Å². The number of carbonyl (C=O) groups is 1. The van der Waals surface area contributed by atoms with Crippen LogP contribution in [-0.4, -0.2) is 34.8 Å². The van der Waals surface area contributed by atoms with Crippen molar-refractivity contribution in [3.63, 3.8) is 0 Å². The number of alkyl halides is 5. The molecule has 2 fully saturated rings. The van der Waals surface area contributed by atoms with Crippen LogP contribution >= 0.6 is 0 Å². The molecular weight excluding hydrogens is 589 g/mol. The summed E-state index contributed by atoms with van der Waals surface area (Å²) in [4.78, 5) is 17.5. The van der Waals surface area contributed by atoms with Crippen molar-refractivity contribution in [1.29, 1.82) is 0 Å². The van der Waals surface area contributed by atoms with Gasteiger partial charge in [-0.05, 0) is 96.8 Å². The second kappa shape index (κ2) is 11.5. The third-order valence-electron chi connectivity index (χ3n) is 10.6. The average molecular weight is 624 g/mol. The summed E-state index contributed by atoms with van der Waals surface area (Å²) in [6.07, 6.45) is -1.51. The number of aliphatic hydroxyl groups is 1. The van der Waals surface area contributed by atoms with Crippen LogP contribution in [0.4, 0.5) is 22.0 Å². The molecule has 0 unspecified atom stereocenters. The minimum atomic E-state index is -5.88. The van der Waals surface area contributed by atoms with E-state index in [-0.39, 0.29) is 24.5 Å². The maximum Gasteiger partial charge on any atom is 0.456 e. The summed E-state index contributed by atoms with van der Waals surface area (Å²) in [5.41, 5.74) is 0.477. The normalized spacial score (nSPS) is 29.8. The van der Waals surface area contributed by atoms with E-state index in [0.29, 0.717) is 37.9 Å². The minimum Gasteiger partial charge on any atom is -0.390 e. The molecule has 0 bridgehead atoms. The maximum absolute atomic E-state index is 15.2. The van der Waals surface area contributed by atoms with Crippen molar-refractivity contribution in [3.05, 3.63) is 94.1 Å². The Morgan fingerprint density at radius 3 is 2.47 bits per heavy atom. The smallest absolute Gasteiger partial charge is 0.390 e. The van der Waals surface area contributed by atoms with Gasteiger partial charge < -0.3 is 9.94 Å². The Kier molecular flexibility index (Phi) is 8.01. The molecule has 0 heterocycles. The highest BCUT2D eigenvalue weighted by Gasteiger charge is 2.79. The first kappa shape index (κ1) is 31.2. The van der Waals surface area contributed by atoms with E-state index in [1.54, 1.807) is 18.2 Å². The number of hydrogen-bond donors (Lipinski definition) is 1. The summed E-state index contributed by atoms with van der Waals surface area (Å²) in [6.45, 7) is 1.73. The molecule has 0 radical (unpaired) electrons. The summed E-state index contributed by atoms with van der Waals surface area (Å²) >= 11 is 0. The van der Waals surface area contributed by atoms with Gasteiger partial charge in [0.15, 0.2) is 5.78 Å². The predicted molar refractivity (Wildman–Crippen MR) is 159 cm³/mol. The van der Waals surface area contributed by atoms with E-state index in [4.69, 9.17) is 4.84 Å². The van der Waals surface area contributed by atoms with E-state index in [1.165, 1.54) is 13.1 Å². The van der Waals surface area contributed by atoms with Gasteiger partial charge in [-0.15, -0.1) is 0 Å². The second-order valence-corrected chi connectivity index (χ2v) is 12.9. The fourth-order valence-electron chi connectivity index (χ4n) is 8.38. The lowest BCUT2D eigenvalue weighted by molar-refractivity contribution is -0.362. The van der Waals surface area contributed by atoms with Crippen LogP contribution in [0, 0.1) is 29.1 Å². The molecular formula is C36H34F5NO3. The van der Waals surface area contributed by atoms with Crippen LogP contribution in [0.2, 0.25) is 0 Å². The van der Waals surface area contributed by atoms with Crippen LogP contribution < -0.4 is 0 Å². The Morgan fingerprint density at radius 1 is 1.02 bits per heavy atom. The molecule has 9 heteroatoms. The largest absolute Gasteiger partial charge is 0.456 e. The third-order valence-corrected chi connectivity index (χ3v) is 10.6. The minimum absolute atomic E-state index is 0.0435. The summed E-state index contributed by atoms with van der Waals surface area (Å²) in [6, 6.07) is 16.8. The lowest BCUT2D eigenvalue weighted by atomic mass is 9.50. The highest BCUT2D eigenvalue weighted by molar-refractivity contribution is 5.93. The van der Waals surface area contributed by atoms with Crippen LogP contribution in [0.25, 0.3) is 0 Å². The van der Waals surface area contributed by atoms with Gasteiger partial charge in [0.05, 0.1) is 0 Å². The first-order valence-electron chi connectivity index (χ1n) is 15.3. The maximum atomic E-state index is 15.2. The number of carbonyl (C=O) groups excluding carboxylic acids is 1. The molecule has 236 valence electrons. The molecule has 0 spiro atoms. The predicted octanol–water partition coefficient (Wildman–Crippen LogP) is 8.07. The van der Waals surface area contributed by atoms with Crippen molar-refractivity contribution < 1.29 is 36.7 Å². The molecule has 0 aliphatic heterocycles. The average Bonchev–Trinajstić information content (AvgIpc) is 3.29. The van der Waals surface area contributed by atoms with E-state index >= 15 is 8.78 Å². The van der Waals surface area contributed by atoms with Crippen LogP contribution in [0.5, 0.6) is 0 Å². The van der Waals surface area contributed by atoms with Gasteiger partial charge in [-0.3, -0.25) is 4.79 Å². The van der Waals surface area contributed by atoms with Crippen LogP contribution in [0.15, 0.2) is 82.5 Å². The summed E-state index contributed by atoms with van der Waals surface area (Å²) in [5.74, 6) is -0.732. The van der Waals surface area contributed by atoms with Crippen molar-refractivity contribution in [3.8, 4) is 11.8 Å². The molecule has 4 nitrogen and oxygen atoms in total. The van der Waals surface area contributed by atoms with Crippen molar-refractivity contribution >= 4 is 12.0 Å². The monoisotopic (exact) mass is 623 g/mol. The van der Waals surface area contributed by atoms with Gasteiger partial charge in [0, 0.05) is 23.3 Å². The molecule has 2 saturated carbocycles. The van der Waals surface area contributed by atoms with Crippen LogP contribution in [0.1, 0.15) is 74.5 Å². The molecule has 5 atom stereocenters. The molecule has 0 saturated heterocycles. The zero-order valence-electron chi connectivity index (χ0n) is 24.8. The van der Waals surface area contributed by atoms with Crippen molar-refractivity contribution in [2.75, 3.05) is 0 Å². The van der Waals surface area contributed by atoms with Crippen LogP contribution in [-0.2, 0) is 16.2 Å². The lowest BCUT2D eigenvalue weighted by Crippen LogP contribution is -2.65. The van der Waals surface area contributed by atoms with E-state index in [1.807, 2.05) is 42.5 Å². The van der Waals surface area contributed by atoms with Crippen LogP contribution in [0.3, 0.4) is 0 Å². The number of ketones is 1. The summed E-state index contributed by atoms with van der Waals surface area (Å²) in [7, 11) is 0. The number of fused-ring (bicyclic) bond motifs is 4. The molecule has 45 heavy (non-hydrogen) atoms. The van der Waals surface area contributed by atoms with Gasteiger partial charge >= 0.3 is 12.1 Å². The summed E-state index contributed by atoms with van der Waals surface area (Å²) < 4.78 is 71.7. The number of oxime groups is 1. The number of hydrogen-bond acceptors (Lipinski definition) is 4. The van der Waals surface area contributed by atoms with Gasteiger partial charge in [-0.25, -0.2) is 0 Å². The number of rotatable bonds is 5. The number of allylic oxidation sites excluding steroid dienone is 4. The Labute approximate surface area is 259 Å². The summed E-state index contributed by atoms with van der Waals surface area (Å²) in [5, 5.41) is 15.3. The van der Waals surface area contributed by atoms with Gasteiger partial charge in [0.25, 0.3) is 0 Å². The molecule has 6 rings (SSSR count). The van der Waals surface area contributed by atoms with Gasteiger partial charge in [-0.2, -0.15) is 22.0 Å². The lowest BCUT2D eigenvalue weighted by Gasteiger charge is -2.56. The van der Waals surface area contributed by atoms with E-state index < -0.39 is 41.4 Å². The first-order chi connectivity index (χ1) is 21.4. The quantitative estimate of drug-likeness (QED) is 0.159. The molecule has 1 N–H and O–H groups in total. The Balaban J connectivity index is 1.31. The molecule has 2 aromatic rings. The Hall–Kier alpha value is -3.77. The first-order valence-corrected chi connectivity index (χ1v) is 15.3. The third kappa shape index (κ3) is 5.31. The second-order valence-electron chi connectivity index (χ2n) is 12.9. The highest BCUT2D eigenvalue weighted by atomic mass is 19.4. The standard InChI is InChI=1S/C36H34F5NO3/c1-33-21-30(25-11-9-23(10-12-25)8-5-19-42-45-22-24-6-3-2-4-7-24)32-28-16-14-27(43)20-26(28)13-15-29(32)31(33)17-18-34(33,44)35(37,38)36(39,40)41/h2-4,6-7,9-12,19-20,29-31,44H,13-18,21-22H2,1H3/b42-19-/t29-,30+,31-,33-,34-/m0/s1. The fourth-order valence-corrected chi connectivity index (χ4v) is 8.38. The highest BCUT2D eigenvalue weighted by Crippen LogP contribution is 2.70. The number of benzene rings is 2. The van der Waals surface area contributed by atoms with E-state index in [9.17, 15) is 23.1 Å². The molecule has 4 aliphatic rings. The Morgan fingerprint density at radius 2 is 1.76 bits per heavy atom. The van der Waals surface area contributed by atoms with Gasteiger partial charge in [-0.1, -0.05) is 66.0 Å². The molecule has 0 aromatic heterocycles. The topological polar surface area (TPSA) is 58.9 Å². The molecule has 0 amide bonds. The van der Waals surface area contributed by atoms with E-state index in [0.717, 1.165) is 27.8 Å². The number of halogens is 5. The van der Waals surface area contributed by atoms with Crippen molar-refractivity contribution in [2.24, 2.45) is 22.4 Å². The molecule has 2 aromatic carbocycles. The van der Waals surface area contributed by atoms with Gasteiger partial charge in [0.2, 0.25) is 0 Å². The fraction of sp³-hybridized carbons (Fsp3) is 0.444. The number of nitrogens with zero attached hydrogens (tertiary/aromatic N) is 1. The zero-order valence-corrected chi connectivity index (χ0v) is 24.8. The molecule has 4 aliphatic carbocycles. The zero-order chi connectivity index (χ0) is 32.0. The SMILES string of the molecule is C[C@]12C[C@H](c3ccc(C#C/C=N\OCc4ccccc4)cc3)C3=C4CCC(=O)C=C4CC[C@H]3[C@@H]1CC[C@@]2(O)C(F)(F)C(F)(F)F. The van der Waals surface area contributed by atoms with Gasteiger partial charge in [0.1, 0.15) is 18.4 Å². The van der Waals surface area contributed by atoms with Crippen molar-refractivity contribution in [1.82, 2.24) is 0 Å².